The van der Waals surface area contributed by atoms with Gasteiger partial charge in [-0.25, -0.2) is 9.97 Å². The van der Waals surface area contributed by atoms with Gasteiger partial charge in [0.15, 0.2) is 6.73 Å². The van der Waals surface area contributed by atoms with Gasteiger partial charge in [-0.3, -0.25) is 14.2 Å². The third kappa shape index (κ3) is 8.21. The van der Waals surface area contributed by atoms with Crippen LogP contribution in [0.25, 0.3) is 33.3 Å². The molecule has 0 aliphatic carbocycles. The minimum atomic E-state index is -0.702. The number of fused-ring (bicyclic) bond motifs is 1. The molecule has 0 fully saturated rings. The standard InChI is InChI=1S/C33H40N6O5/c1-21(2)12-29(34)33(41)44-20-39-19-28(22-9-10-35-31(16-22)43-6)27-15-24(18-36-32(27)39)23-13-25(17-26(14-23)42-5)37-30(40)8-7-11-38(3)4/h7-10,13-19,21,29H,11-12,20,34H2,1-6H3,(H,37,40)/b8-7+. The molecule has 1 amide bonds. The van der Waals surface area contributed by atoms with Crippen LogP contribution in [0.15, 0.2) is 67.1 Å². The van der Waals surface area contributed by atoms with Crippen molar-refractivity contribution in [2.75, 3.05) is 40.2 Å². The zero-order valence-electron chi connectivity index (χ0n) is 26.0. The number of nitrogens with zero attached hydrogens (tertiary/aromatic N) is 4. The van der Waals surface area contributed by atoms with Crippen LogP contribution >= 0.6 is 0 Å². The summed E-state index contributed by atoms with van der Waals surface area (Å²) in [5.74, 6) is 0.603. The van der Waals surface area contributed by atoms with Crippen LogP contribution in [0.5, 0.6) is 11.6 Å². The highest BCUT2D eigenvalue weighted by atomic mass is 16.5. The van der Waals surface area contributed by atoms with Crippen molar-refractivity contribution in [2.45, 2.75) is 33.0 Å². The van der Waals surface area contributed by atoms with E-state index in [-0.39, 0.29) is 18.6 Å². The monoisotopic (exact) mass is 600 g/mol. The zero-order valence-corrected chi connectivity index (χ0v) is 26.0. The van der Waals surface area contributed by atoms with Crippen LogP contribution in [0.2, 0.25) is 0 Å². The Morgan fingerprint density at radius 1 is 1.05 bits per heavy atom. The van der Waals surface area contributed by atoms with Crippen LogP contribution in [-0.4, -0.2) is 72.2 Å². The number of esters is 1. The fourth-order valence-electron chi connectivity index (χ4n) is 4.70. The first-order valence-electron chi connectivity index (χ1n) is 14.3. The predicted octanol–water partition coefficient (Wildman–Crippen LogP) is 4.71. The molecule has 0 bridgehead atoms. The summed E-state index contributed by atoms with van der Waals surface area (Å²) in [5.41, 5.74) is 10.5. The molecule has 11 heteroatoms. The van der Waals surface area contributed by atoms with Gasteiger partial charge in [-0.1, -0.05) is 19.9 Å². The van der Waals surface area contributed by atoms with Crippen molar-refractivity contribution < 1.29 is 23.8 Å². The van der Waals surface area contributed by atoms with Crippen molar-refractivity contribution in [2.24, 2.45) is 11.7 Å². The molecule has 3 aromatic heterocycles. The lowest BCUT2D eigenvalue weighted by atomic mass is 10.0. The number of aromatic nitrogens is 3. The smallest absolute Gasteiger partial charge is 0.324 e. The highest BCUT2D eigenvalue weighted by Crippen LogP contribution is 2.35. The molecular weight excluding hydrogens is 560 g/mol. The predicted molar refractivity (Wildman–Crippen MR) is 171 cm³/mol. The Balaban J connectivity index is 1.73. The summed E-state index contributed by atoms with van der Waals surface area (Å²) in [6.45, 7) is 4.61. The lowest BCUT2D eigenvalue weighted by Gasteiger charge is -2.14. The summed E-state index contributed by atoms with van der Waals surface area (Å²) in [6.07, 6.45) is 9.12. The molecular formula is C33H40N6O5. The molecule has 4 aromatic rings. The number of nitrogens with two attached hydrogens (primary N) is 1. The molecule has 0 spiro atoms. The molecule has 44 heavy (non-hydrogen) atoms. The average molecular weight is 601 g/mol. The minimum Gasteiger partial charge on any atom is -0.497 e. The van der Waals surface area contributed by atoms with Gasteiger partial charge in [0.05, 0.1) is 14.2 Å². The van der Waals surface area contributed by atoms with Crippen LogP contribution in [0.3, 0.4) is 0 Å². The summed E-state index contributed by atoms with van der Waals surface area (Å²) in [6, 6.07) is 10.5. The second-order valence-electron chi connectivity index (χ2n) is 11.1. The number of pyridine rings is 2. The number of likely N-dealkylation sites (N-methyl/N-ethyl adjacent to an activating group) is 1. The van der Waals surface area contributed by atoms with Crippen LogP contribution in [-0.2, 0) is 21.1 Å². The Morgan fingerprint density at radius 2 is 1.84 bits per heavy atom. The van der Waals surface area contributed by atoms with E-state index in [0.717, 1.165) is 27.6 Å². The van der Waals surface area contributed by atoms with E-state index in [4.69, 9.17) is 24.9 Å². The summed E-state index contributed by atoms with van der Waals surface area (Å²) in [7, 11) is 7.00. The molecule has 3 heterocycles. The number of rotatable bonds is 13. The lowest BCUT2D eigenvalue weighted by Crippen LogP contribution is -2.33. The van der Waals surface area contributed by atoms with Crippen LogP contribution < -0.4 is 20.5 Å². The number of anilines is 1. The second kappa shape index (κ2) is 14.6. The van der Waals surface area contributed by atoms with Gasteiger partial charge in [-0.15, -0.1) is 0 Å². The molecule has 1 atom stereocenters. The first kappa shape index (κ1) is 32.2. The van der Waals surface area contributed by atoms with E-state index in [1.807, 2.05) is 69.4 Å². The number of benzene rings is 1. The molecule has 0 aliphatic heterocycles. The third-order valence-corrected chi connectivity index (χ3v) is 6.83. The number of amides is 1. The minimum absolute atomic E-state index is 0.0492. The zero-order chi connectivity index (χ0) is 31.8. The van der Waals surface area contributed by atoms with Gasteiger partial charge in [0.25, 0.3) is 0 Å². The van der Waals surface area contributed by atoms with E-state index >= 15 is 0 Å². The number of carbonyl (C=O) groups is 2. The number of hydrogen-bond acceptors (Lipinski definition) is 9. The Kier molecular flexibility index (Phi) is 10.7. The van der Waals surface area contributed by atoms with E-state index in [0.29, 0.717) is 35.9 Å². The van der Waals surface area contributed by atoms with Gasteiger partial charge in [-0.05, 0) is 61.8 Å². The van der Waals surface area contributed by atoms with Crippen molar-refractivity contribution >= 4 is 28.6 Å². The molecule has 0 saturated carbocycles. The van der Waals surface area contributed by atoms with Crippen LogP contribution in [0.1, 0.15) is 20.3 Å². The molecule has 1 unspecified atom stereocenters. The van der Waals surface area contributed by atoms with E-state index in [1.165, 1.54) is 6.08 Å². The SMILES string of the molecule is COc1cc(NC(=O)/C=C/CN(C)C)cc(-c2cnc3c(c2)c(-c2ccnc(OC)c2)cn3COC(=O)C(N)CC(C)C)c1. The Hall–Kier alpha value is -4.74. The molecule has 1 aromatic carbocycles. The molecule has 0 saturated heterocycles. The maximum Gasteiger partial charge on any atom is 0.324 e. The molecule has 232 valence electrons. The summed E-state index contributed by atoms with van der Waals surface area (Å²) >= 11 is 0. The van der Waals surface area contributed by atoms with Gasteiger partial charge in [-0.2, -0.15) is 0 Å². The van der Waals surface area contributed by atoms with Crippen molar-refractivity contribution in [3.05, 3.63) is 67.1 Å². The number of methoxy groups -OCH3 is 2. The molecule has 4 rings (SSSR count). The lowest BCUT2D eigenvalue weighted by molar-refractivity contribution is -0.149. The normalized spacial score (nSPS) is 12.2. The van der Waals surface area contributed by atoms with Gasteiger partial charge in [0.1, 0.15) is 17.4 Å². The maximum absolute atomic E-state index is 12.6. The van der Waals surface area contributed by atoms with Crippen molar-refractivity contribution in [1.82, 2.24) is 19.4 Å². The largest absolute Gasteiger partial charge is 0.497 e. The van der Waals surface area contributed by atoms with Gasteiger partial charge in [0, 0.05) is 65.5 Å². The summed E-state index contributed by atoms with van der Waals surface area (Å²) in [4.78, 5) is 36.1. The number of ether oxygens (including phenoxy) is 3. The molecule has 0 aliphatic rings. The van der Waals surface area contributed by atoms with Gasteiger partial charge in [0.2, 0.25) is 11.8 Å². The summed E-state index contributed by atoms with van der Waals surface area (Å²) in [5, 5.41) is 3.73. The first-order valence-corrected chi connectivity index (χ1v) is 14.3. The molecule has 0 radical (unpaired) electrons. The Bertz CT molecular complexity index is 1650. The van der Waals surface area contributed by atoms with Crippen LogP contribution in [0, 0.1) is 5.92 Å². The number of nitrogens with one attached hydrogen (secondary N) is 1. The summed E-state index contributed by atoms with van der Waals surface area (Å²) < 4.78 is 18.3. The van der Waals surface area contributed by atoms with E-state index in [9.17, 15) is 9.59 Å². The van der Waals surface area contributed by atoms with Gasteiger partial charge < -0.3 is 30.2 Å². The van der Waals surface area contributed by atoms with Crippen molar-refractivity contribution in [1.29, 1.82) is 0 Å². The fourth-order valence-corrected chi connectivity index (χ4v) is 4.70. The quantitative estimate of drug-likeness (QED) is 0.165. The Morgan fingerprint density at radius 3 is 2.55 bits per heavy atom. The van der Waals surface area contributed by atoms with Crippen LogP contribution in [0.4, 0.5) is 5.69 Å². The van der Waals surface area contributed by atoms with E-state index < -0.39 is 12.0 Å². The van der Waals surface area contributed by atoms with Crippen molar-refractivity contribution in [3.63, 3.8) is 0 Å². The molecule has 3 N–H and O–H groups in total. The molecule has 11 nitrogen and oxygen atoms in total. The maximum atomic E-state index is 12.6. The third-order valence-electron chi connectivity index (χ3n) is 6.83. The highest BCUT2D eigenvalue weighted by Gasteiger charge is 2.19. The second-order valence-corrected chi connectivity index (χ2v) is 11.1. The Labute approximate surface area is 257 Å². The van der Waals surface area contributed by atoms with Crippen molar-refractivity contribution in [3.8, 4) is 33.9 Å². The first-order chi connectivity index (χ1) is 21.1. The van der Waals surface area contributed by atoms with E-state index in [2.05, 4.69) is 10.3 Å². The topological polar surface area (TPSA) is 134 Å². The number of hydrogen-bond donors (Lipinski definition) is 2. The van der Waals surface area contributed by atoms with Gasteiger partial charge >= 0.3 is 5.97 Å². The fraction of sp³-hybridized carbons (Fsp3) is 0.333. The highest BCUT2D eigenvalue weighted by molar-refractivity contribution is 6.00. The van der Waals surface area contributed by atoms with E-state index in [1.54, 1.807) is 43.3 Å². The number of carbonyl (C=O) groups excluding carboxylic acids is 2. The average Bonchev–Trinajstić information content (AvgIpc) is 3.37.